The summed E-state index contributed by atoms with van der Waals surface area (Å²) in [6, 6.07) is 16.2. The fraction of sp³-hybridized carbons (Fsp3) is 0.381. The van der Waals surface area contributed by atoms with Crippen molar-refractivity contribution in [1.29, 1.82) is 0 Å². The maximum Gasteiger partial charge on any atom is 0.220 e. The number of hydrogen-bond donors (Lipinski definition) is 1. The van der Waals surface area contributed by atoms with E-state index in [1.165, 1.54) is 24.9 Å². The Morgan fingerprint density at radius 1 is 0.920 bits per heavy atom. The molecule has 132 valence electrons. The molecule has 0 atom stereocenters. The summed E-state index contributed by atoms with van der Waals surface area (Å²) >= 11 is 5.87. The molecule has 25 heavy (non-hydrogen) atoms. The van der Waals surface area contributed by atoms with Gasteiger partial charge in [-0.05, 0) is 61.1 Å². The number of piperidine rings is 1. The van der Waals surface area contributed by atoms with Crippen LogP contribution in [0.3, 0.4) is 0 Å². The lowest BCUT2D eigenvalue weighted by molar-refractivity contribution is -0.121. The summed E-state index contributed by atoms with van der Waals surface area (Å²) in [5, 5.41) is 3.72. The average Bonchev–Trinajstić information content (AvgIpc) is 2.67. The Morgan fingerprint density at radius 2 is 1.56 bits per heavy atom. The summed E-state index contributed by atoms with van der Waals surface area (Å²) in [6.45, 7) is 2.89. The van der Waals surface area contributed by atoms with Gasteiger partial charge in [0.2, 0.25) is 5.91 Å². The largest absolute Gasteiger partial charge is 0.372 e. The first-order valence-electron chi connectivity index (χ1n) is 9.06. The minimum absolute atomic E-state index is 0.0788. The Morgan fingerprint density at radius 3 is 2.24 bits per heavy atom. The number of rotatable bonds is 6. The van der Waals surface area contributed by atoms with Gasteiger partial charge in [-0.3, -0.25) is 4.79 Å². The van der Waals surface area contributed by atoms with Gasteiger partial charge < -0.3 is 10.2 Å². The molecule has 0 unspecified atom stereocenters. The lowest BCUT2D eigenvalue weighted by Gasteiger charge is -2.28. The standard InChI is InChI=1S/C21H25ClN2O/c22-19-9-4-17(5-10-19)8-13-21(25)23-16-18-6-11-20(12-7-18)24-14-2-1-3-15-24/h4-7,9-12H,1-3,8,13-16H2,(H,23,25). The first-order valence-corrected chi connectivity index (χ1v) is 9.43. The summed E-state index contributed by atoms with van der Waals surface area (Å²) in [6.07, 6.45) is 5.14. The zero-order valence-electron chi connectivity index (χ0n) is 14.5. The van der Waals surface area contributed by atoms with Gasteiger partial charge in [-0.1, -0.05) is 35.9 Å². The summed E-state index contributed by atoms with van der Waals surface area (Å²) in [7, 11) is 0. The molecule has 4 heteroatoms. The van der Waals surface area contributed by atoms with Crippen LogP contribution in [0.5, 0.6) is 0 Å². The second kappa shape index (κ2) is 8.91. The van der Waals surface area contributed by atoms with Gasteiger partial charge in [0.25, 0.3) is 0 Å². The highest BCUT2D eigenvalue weighted by Crippen LogP contribution is 2.20. The van der Waals surface area contributed by atoms with Gasteiger partial charge >= 0.3 is 0 Å². The fourth-order valence-electron chi connectivity index (χ4n) is 3.17. The molecule has 1 aliphatic rings. The molecular formula is C21H25ClN2O. The fourth-order valence-corrected chi connectivity index (χ4v) is 3.30. The molecule has 2 aromatic rings. The third-order valence-corrected chi connectivity index (χ3v) is 4.95. The van der Waals surface area contributed by atoms with Crippen molar-refractivity contribution >= 4 is 23.2 Å². The maximum atomic E-state index is 12.0. The van der Waals surface area contributed by atoms with E-state index in [0.29, 0.717) is 13.0 Å². The molecule has 1 saturated heterocycles. The topological polar surface area (TPSA) is 32.3 Å². The van der Waals surface area contributed by atoms with E-state index in [4.69, 9.17) is 11.6 Å². The van der Waals surface area contributed by atoms with Crippen LogP contribution in [0.4, 0.5) is 5.69 Å². The lowest BCUT2D eigenvalue weighted by atomic mass is 10.1. The van der Waals surface area contributed by atoms with Gasteiger partial charge in [-0.25, -0.2) is 0 Å². The van der Waals surface area contributed by atoms with Crippen LogP contribution in [0, 0.1) is 0 Å². The van der Waals surface area contributed by atoms with Crippen LogP contribution in [-0.4, -0.2) is 19.0 Å². The Hall–Kier alpha value is -2.00. The van der Waals surface area contributed by atoms with Gasteiger partial charge in [0.1, 0.15) is 0 Å². The molecule has 0 aromatic heterocycles. The second-order valence-electron chi connectivity index (χ2n) is 6.62. The van der Waals surface area contributed by atoms with Crippen molar-refractivity contribution in [2.24, 2.45) is 0 Å². The van der Waals surface area contributed by atoms with Gasteiger partial charge in [0.15, 0.2) is 0 Å². The number of benzene rings is 2. The van der Waals surface area contributed by atoms with Crippen molar-refractivity contribution in [1.82, 2.24) is 5.32 Å². The third kappa shape index (κ3) is 5.50. The van der Waals surface area contributed by atoms with E-state index in [9.17, 15) is 4.79 Å². The quantitative estimate of drug-likeness (QED) is 0.821. The molecule has 0 bridgehead atoms. The highest BCUT2D eigenvalue weighted by atomic mass is 35.5. The number of nitrogens with one attached hydrogen (secondary N) is 1. The number of nitrogens with zero attached hydrogens (tertiary/aromatic N) is 1. The minimum atomic E-state index is 0.0788. The molecule has 3 nitrogen and oxygen atoms in total. The molecule has 3 rings (SSSR count). The first kappa shape index (κ1) is 17.8. The number of aryl methyl sites for hydroxylation is 1. The van der Waals surface area contributed by atoms with E-state index >= 15 is 0 Å². The Bertz CT molecular complexity index is 676. The molecule has 0 spiro atoms. The number of carbonyl (C=O) groups is 1. The third-order valence-electron chi connectivity index (χ3n) is 4.70. The van der Waals surface area contributed by atoms with Crippen molar-refractivity contribution < 1.29 is 4.79 Å². The van der Waals surface area contributed by atoms with Gasteiger partial charge in [0.05, 0.1) is 0 Å². The van der Waals surface area contributed by atoms with Gasteiger partial charge in [-0.2, -0.15) is 0 Å². The minimum Gasteiger partial charge on any atom is -0.372 e. The molecule has 1 heterocycles. The van der Waals surface area contributed by atoms with Crippen LogP contribution in [-0.2, 0) is 17.8 Å². The van der Waals surface area contributed by atoms with Gasteiger partial charge in [-0.15, -0.1) is 0 Å². The molecule has 0 saturated carbocycles. The zero-order chi connectivity index (χ0) is 17.5. The molecule has 2 aromatic carbocycles. The Balaban J connectivity index is 1.43. The molecule has 1 aliphatic heterocycles. The smallest absolute Gasteiger partial charge is 0.220 e. The van der Waals surface area contributed by atoms with E-state index in [2.05, 4.69) is 34.5 Å². The zero-order valence-corrected chi connectivity index (χ0v) is 15.3. The second-order valence-corrected chi connectivity index (χ2v) is 7.05. The van der Waals surface area contributed by atoms with Crippen molar-refractivity contribution in [2.75, 3.05) is 18.0 Å². The maximum absolute atomic E-state index is 12.0. The number of hydrogen-bond acceptors (Lipinski definition) is 2. The highest BCUT2D eigenvalue weighted by molar-refractivity contribution is 6.30. The SMILES string of the molecule is O=C(CCc1ccc(Cl)cc1)NCc1ccc(N2CCCCC2)cc1. The average molecular weight is 357 g/mol. The molecule has 0 radical (unpaired) electrons. The van der Waals surface area contributed by atoms with Crippen molar-refractivity contribution in [2.45, 2.75) is 38.6 Å². The molecule has 1 N–H and O–H groups in total. The van der Waals surface area contributed by atoms with Crippen LogP contribution in [0.25, 0.3) is 0 Å². The van der Waals surface area contributed by atoms with Crippen LogP contribution < -0.4 is 10.2 Å². The van der Waals surface area contributed by atoms with Crippen molar-refractivity contribution in [3.8, 4) is 0 Å². The van der Waals surface area contributed by atoms with Gasteiger partial charge in [0, 0.05) is 36.8 Å². The first-order chi connectivity index (χ1) is 12.2. The number of amides is 1. The van der Waals surface area contributed by atoms with Crippen LogP contribution >= 0.6 is 11.6 Å². The molecular weight excluding hydrogens is 332 g/mol. The van der Waals surface area contributed by atoms with E-state index in [-0.39, 0.29) is 5.91 Å². The number of anilines is 1. The van der Waals surface area contributed by atoms with Crippen LogP contribution in [0.15, 0.2) is 48.5 Å². The summed E-state index contributed by atoms with van der Waals surface area (Å²) < 4.78 is 0. The Kier molecular flexibility index (Phi) is 6.35. The van der Waals surface area contributed by atoms with Crippen LogP contribution in [0.1, 0.15) is 36.8 Å². The van der Waals surface area contributed by atoms with E-state index in [1.807, 2.05) is 24.3 Å². The summed E-state index contributed by atoms with van der Waals surface area (Å²) in [5.41, 5.74) is 3.56. The summed E-state index contributed by atoms with van der Waals surface area (Å²) in [4.78, 5) is 14.5. The lowest BCUT2D eigenvalue weighted by Crippen LogP contribution is -2.29. The van der Waals surface area contributed by atoms with Crippen LogP contribution in [0.2, 0.25) is 5.02 Å². The monoisotopic (exact) mass is 356 g/mol. The highest BCUT2D eigenvalue weighted by Gasteiger charge is 2.10. The Labute approximate surface area is 155 Å². The van der Waals surface area contributed by atoms with E-state index < -0.39 is 0 Å². The van der Waals surface area contributed by atoms with E-state index in [0.717, 1.165) is 35.7 Å². The summed E-state index contributed by atoms with van der Waals surface area (Å²) in [5.74, 6) is 0.0788. The number of halogens is 1. The number of carbonyl (C=O) groups excluding carboxylic acids is 1. The normalized spacial score (nSPS) is 14.4. The van der Waals surface area contributed by atoms with E-state index in [1.54, 1.807) is 0 Å². The molecule has 0 aliphatic carbocycles. The van der Waals surface area contributed by atoms with Crippen molar-refractivity contribution in [3.63, 3.8) is 0 Å². The molecule has 1 fully saturated rings. The predicted molar refractivity (Wildman–Crippen MR) is 104 cm³/mol. The molecule has 1 amide bonds. The predicted octanol–water partition coefficient (Wildman–Crippen LogP) is 4.58. The van der Waals surface area contributed by atoms with Crippen molar-refractivity contribution in [3.05, 3.63) is 64.7 Å².